The minimum atomic E-state index is 1.37. The predicted octanol–water partition coefficient (Wildman–Crippen LogP) is 4.72. The van der Waals surface area contributed by atoms with Crippen molar-refractivity contribution >= 4 is 65.4 Å². The highest BCUT2D eigenvalue weighted by atomic mass is 127. The van der Waals surface area contributed by atoms with Crippen LogP contribution in [0.3, 0.4) is 0 Å². The van der Waals surface area contributed by atoms with Crippen LogP contribution in [0, 0.1) is 2.88 Å². The molecule has 3 heteroatoms. The van der Waals surface area contributed by atoms with Gasteiger partial charge in [0.15, 0.2) is 0 Å². The molecule has 3 aromatic rings. The standard InChI is InChI=1S/C10H5IS2/c11-10-5-7-4-8-6(1-2-12-8)3-9(7)13-10/h1-5H. The maximum atomic E-state index is 2.38. The normalized spacial score (nSPS) is 11.5. The molecule has 0 amide bonds. The molecule has 13 heavy (non-hydrogen) atoms. The Balaban J connectivity index is 2.54. The Morgan fingerprint density at radius 2 is 1.85 bits per heavy atom. The van der Waals surface area contributed by atoms with Gasteiger partial charge < -0.3 is 0 Å². The third kappa shape index (κ3) is 1.30. The van der Waals surface area contributed by atoms with Gasteiger partial charge in [-0.1, -0.05) is 0 Å². The van der Waals surface area contributed by atoms with Crippen LogP contribution < -0.4 is 0 Å². The Hall–Kier alpha value is -0.130. The highest BCUT2D eigenvalue weighted by Gasteiger charge is 2.02. The van der Waals surface area contributed by atoms with Crippen LogP contribution in [-0.4, -0.2) is 0 Å². The molecule has 0 unspecified atom stereocenters. The lowest BCUT2D eigenvalue weighted by molar-refractivity contribution is 2.01. The van der Waals surface area contributed by atoms with Crippen LogP contribution in [0.25, 0.3) is 20.2 Å². The first-order chi connectivity index (χ1) is 6.33. The van der Waals surface area contributed by atoms with Crippen molar-refractivity contribution in [3.05, 3.63) is 32.5 Å². The number of rotatable bonds is 0. The molecule has 0 saturated carbocycles. The fourth-order valence-corrected chi connectivity index (χ4v) is 4.15. The Bertz CT molecular complexity index is 529. The monoisotopic (exact) mass is 316 g/mol. The molecule has 1 aromatic carbocycles. The van der Waals surface area contributed by atoms with Gasteiger partial charge in [-0.05, 0) is 63.0 Å². The molecule has 0 saturated heterocycles. The first kappa shape index (κ1) is 8.20. The van der Waals surface area contributed by atoms with E-state index in [-0.39, 0.29) is 0 Å². The molecule has 0 bridgehead atoms. The number of thiophene rings is 2. The minimum absolute atomic E-state index is 1.37. The average Bonchev–Trinajstić information content (AvgIpc) is 2.63. The number of hydrogen-bond acceptors (Lipinski definition) is 2. The van der Waals surface area contributed by atoms with Crippen LogP contribution in [-0.2, 0) is 0 Å². The first-order valence-electron chi connectivity index (χ1n) is 3.89. The fourth-order valence-electron chi connectivity index (χ4n) is 1.46. The summed E-state index contributed by atoms with van der Waals surface area (Å²) in [6, 6.07) is 9.01. The molecular weight excluding hydrogens is 311 g/mol. The SMILES string of the molecule is Ic1cc2cc3sccc3cc2s1. The molecule has 0 radical (unpaired) electrons. The maximum Gasteiger partial charge on any atom is 0.0666 e. The van der Waals surface area contributed by atoms with Gasteiger partial charge in [-0.3, -0.25) is 0 Å². The molecular formula is C10H5IS2. The summed E-state index contributed by atoms with van der Waals surface area (Å²) in [5.74, 6) is 0. The zero-order chi connectivity index (χ0) is 8.84. The van der Waals surface area contributed by atoms with E-state index < -0.39 is 0 Å². The third-order valence-corrected chi connectivity index (χ3v) is 4.80. The largest absolute Gasteiger partial charge is 0.144 e. The molecule has 0 aliphatic heterocycles. The van der Waals surface area contributed by atoms with Crippen molar-refractivity contribution in [2.45, 2.75) is 0 Å². The lowest BCUT2D eigenvalue weighted by atomic mass is 10.2. The fraction of sp³-hybridized carbons (Fsp3) is 0. The van der Waals surface area contributed by atoms with Crippen molar-refractivity contribution in [2.75, 3.05) is 0 Å². The van der Waals surface area contributed by atoms with Crippen molar-refractivity contribution in [3.63, 3.8) is 0 Å². The van der Waals surface area contributed by atoms with Gasteiger partial charge in [0.05, 0.1) is 2.88 Å². The summed E-state index contributed by atoms with van der Waals surface area (Å²) in [6.45, 7) is 0. The second-order valence-electron chi connectivity index (χ2n) is 2.90. The van der Waals surface area contributed by atoms with Crippen LogP contribution in [0.15, 0.2) is 29.6 Å². The van der Waals surface area contributed by atoms with E-state index in [1.165, 1.54) is 23.1 Å². The lowest BCUT2D eigenvalue weighted by Gasteiger charge is -1.89. The van der Waals surface area contributed by atoms with E-state index in [9.17, 15) is 0 Å². The van der Waals surface area contributed by atoms with Gasteiger partial charge in [0.1, 0.15) is 0 Å². The van der Waals surface area contributed by atoms with Gasteiger partial charge in [0, 0.05) is 9.40 Å². The van der Waals surface area contributed by atoms with Crippen molar-refractivity contribution in [2.24, 2.45) is 0 Å². The van der Waals surface area contributed by atoms with E-state index in [0.717, 1.165) is 0 Å². The average molecular weight is 316 g/mol. The summed E-state index contributed by atoms with van der Waals surface area (Å²) in [7, 11) is 0. The van der Waals surface area contributed by atoms with Gasteiger partial charge in [0.25, 0.3) is 0 Å². The molecule has 0 spiro atoms. The third-order valence-electron chi connectivity index (χ3n) is 2.06. The van der Waals surface area contributed by atoms with Gasteiger partial charge >= 0.3 is 0 Å². The van der Waals surface area contributed by atoms with E-state index >= 15 is 0 Å². The Morgan fingerprint density at radius 3 is 2.77 bits per heavy atom. The maximum absolute atomic E-state index is 2.38. The van der Waals surface area contributed by atoms with Gasteiger partial charge in [0.2, 0.25) is 0 Å². The topological polar surface area (TPSA) is 0 Å². The smallest absolute Gasteiger partial charge is 0.0666 e. The van der Waals surface area contributed by atoms with Crippen molar-refractivity contribution in [3.8, 4) is 0 Å². The number of benzene rings is 1. The highest BCUT2D eigenvalue weighted by molar-refractivity contribution is 14.1. The van der Waals surface area contributed by atoms with E-state index in [0.29, 0.717) is 0 Å². The molecule has 64 valence electrons. The summed E-state index contributed by atoms with van der Waals surface area (Å²) in [6.07, 6.45) is 0. The Labute approximate surface area is 97.3 Å². The summed E-state index contributed by atoms with van der Waals surface area (Å²) >= 11 is 6.06. The molecule has 2 aromatic heterocycles. The van der Waals surface area contributed by atoms with E-state index in [4.69, 9.17) is 0 Å². The van der Waals surface area contributed by atoms with Crippen LogP contribution in [0.4, 0.5) is 0 Å². The van der Waals surface area contributed by atoms with Crippen LogP contribution >= 0.6 is 45.3 Å². The predicted molar refractivity (Wildman–Crippen MR) is 69.9 cm³/mol. The van der Waals surface area contributed by atoms with Crippen LogP contribution in [0.5, 0.6) is 0 Å². The zero-order valence-electron chi connectivity index (χ0n) is 6.58. The molecule has 0 N–H and O–H groups in total. The van der Waals surface area contributed by atoms with Crippen molar-refractivity contribution < 1.29 is 0 Å². The van der Waals surface area contributed by atoms with E-state index in [1.54, 1.807) is 0 Å². The van der Waals surface area contributed by atoms with Crippen molar-refractivity contribution in [1.82, 2.24) is 0 Å². The van der Waals surface area contributed by atoms with Gasteiger partial charge in [-0.15, -0.1) is 22.7 Å². The quantitative estimate of drug-likeness (QED) is 0.526. The minimum Gasteiger partial charge on any atom is -0.144 e. The number of halogens is 1. The Morgan fingerprint density at radius 1 is 1.00 bits per heavy atom. The lowest BCUT2D eigenvalue weighted by Crippen LogP contribution is -1.61. The second kappa shape index (κ2) is 2.93. The van der Waals surface area contributed by atoms with Crippen LogP contribution in [0.1, 0.15) is 0 Å². The molecule has 0 aliphatic carbocycles. The van der Waals surface area contributed by atoms with Crippen LogP contribution in [0.2, 0.25) is 0 Å². The zero-order valence-corrected chi connectivity index (χ0v) is 10.4. The second-order valence-corrected chi connectivity index (χ2v) is 6.82. The summed E-state index contributed by atoms with van der Waals surface area (Å²) in [5.41, 5.74) is 0. The number of fused-ring (bicyclic) bond motifs is 2. The van der Waals surface area contributed by atoms with E-state index in [2.05, 4.69) is 52.2 Å². The molecule has 2 heterocycles. The summed E-state index contributed by atoms with van der Waals surface area (Å²) in [5, 5.41) is 4.90. The van der Waals surface area contributed by atoms with Gasteiger partial charge in [-0.2, -0.15) is 0 Å². The van der Waals surface area contributed by atoms with Crippen molar-refractivity contribution in [1.29, 1.82) is 0 Å². The van der Waals surface area contributed by atoms with E-state index in [1.807, 2.05) is 22.7 Å². The molecule has 0 atom stereocenters. The molecule has 0 aliphatic rings. The molecule has 0 nitrogen and oxygen atoms in total. The highest BCUT2D eigenvalue weighted by Crippen LogP contribution is 2.32. The summed E-state index contributed by atoms with van der Waals surface area (Å²) in [4.78, 5) is 0. The number of hydrogen-bond donors (Lipinski definition) is 0. The summed E-state index contributed by atoms with van der Waals surface area (Å²) < 4.78 is 4.15. The Kier molecular flexibility index (Phi) is 1.85. The molecule has 0 fully saturated rings. The first-order valence-corrected chi connectivity index (χ1v) is 6.67. The molecule has 3 rings (SSSR count). The van der Waals surface area contributed by atoms with Gasteiger partial charge in [-0.25, -0.2) is 0 Å².